The summed E-state index contributed by atoms with van der Waals surface area (Å²) < 4.78 is 23.1. The molecule has 0 aromatic heterocycles. The maximum atomic E-state index is 10.9. The quantitative estimate of drug-likeness (QED) is 0.533. The minimum Gasteiger partial charge on any atom is -0.274 e. The number of carbonyl (C=O) groups is 1. The predicted octanol–water partition coefficient (Wildman–Crippen LogP) is 0.809. The first-order chi connectivity index (χ1) is 5.95. The van der Waals surface area contributed by atoms with Crippen LogP contribution in [0.15, 0.2) is 12.2 Å². The van der Waals surface area contributed by atoms with Crippen molar-refractivity contribution in [2.45, 2.75) is 26.2 Å². The highest BCUT2D eigenvalue weighted by Crippen LogP contribution is 1.96. The smallest absolute Gasteiger partial charge is 0.233 e. The number of hydrogen-bond donors (Lipinski definition) is 1. The molecule has 0 unspecified atom stereocenters. The molecule has 1 amide bonds. The fraction of sp³-hybridized carbons (Fsp3) is 0.625. The topological polar surface area (TPSA) is 63.2 Å². The van der Waals surface area contributed by atoms with Gasteiger partial charge in [0.15, 0.2) is 0 Å². The van der Waals surface area contributed by atoms with Crippen LogP contribution in [0.3, 0.4) is 0 Å². The van der Waals surface area contributed by atoms with Gasteiger partial charge in [-0.25, -0.2) is 8.42 Å². The van der Waals surface area contributed by atoms with Crippen molar-refractivity contribution < 1.29 is 13.2 Å². The third-order valence-corrected chi connectivity index (χ3v) is 1.91. The molecule has 0 rings (SSSR count). The van der Waals surface area contributed by atoms with Crippen LogP contribution in [0.5, 0.6) is 0 Å². The average molecular weight is 205 g/mol. The molecule has 0 aromatic carbocycles. The fourth-order valence-electron chi connectivity index (χ4n) is 0.805. The van der Waals surface area contributed by atoms with E-state index in [1.165, 1.54) is 0 Å². The lowest BCUT2D eigenvalue weighted by Crippen LogP contribution is -2.28. The summed E-state index contributed by atoms with van der Waals surface area (Å²) in [6.07, 6.45) is 6.52. The van der Waals surface area contributed by atoms with Gasteiger partial charge in [-0.15, -0.1) is 0 Å². The number of carbonyl (C=O) groups excluding carboxylic acids is 1. The van der Waals surface area contributed by atoms with Gasteiger partial charge in [0.25, 0.3) is 0 Å². The summed E-state index contributed by atoms with van der Waals surface area (Å²) in [5.41, 5.74) is 0. The van der Waals surface area contributed by atoms with Crippen molar-refractivity contribution in [1.82, 2.24) is 4.72 Å². The van der Waals surface area contributed by atoms with E-state index in [1.54, 1.807) is 0 Å². The Morgan fingerprint density at radius 1 is 1.46 bits per heavy atom. The van der Waals surface area contributed by atoms with Crippen molar-refractivity contribution in [1.29, 1.82) is 0 Å². The molecular weight excluding hydrogens is 190 g/mol. The van der Waals surface area contributed by atoms with Crippen LogP contribution in [0.4, 0.5) is 0 Å². The van der Waals surface area contributed by atoms with Crippen molar-refractivity contribution in [3.05, 3.63) is 12.2 Å². The van der Waals surface area contributed by atoms with Crippen LogP contribution in [-0.2, 0) is 14.8 Å². The zero-order valence-electron chi connectivity index (χ0n) is 7.91. The van der Waals surface area contributed by atoms with E-state index in [4.69, 9.17) is 0 Å². The van der Waals surface area contributed by atoms with E-state index in [2.05, 4.69) is 0 Å². The Balaban J connectivity index is 3.65. The van der Waals surface area contributed by atoms with Crippen molar-refractivity contribution >= 4 is 15.9 Å². The van der Waals surface area contributed by atoms with Gasteiger partial charge in [-0.2, -0.15) is 0 Å². The van der Waals surface area contributed by atoms with Gasteiger partial charge in [0.05, 0.1) is 6.26 Å². The second kappa shape index (κ2) is 5.75. The second-order valence-corrected chi connectivity index (χ2v) is 4.51. The first-order valence-electron chi connectivity index (χ1n) is 4.07. The summed E-state index contributed by atoms with van der Waals surface area (Å²) in [6, 6.07) is 0. The maximum absolute atomic E-state index is 10.9. The number of nitrogens with one attached hydrogen (secondary N) is 1. The number of rotatable bonds is 5. The van der Waals surface area contributed by atoms with Gasteiger partial charge >= 0.3 is 0 Å². The predicted molar refractivity (Wildman–Crippen MR) is 51.7 cm³/mol. The highest BCUT2D eigenvalue weighted by Gasteiger charge is 2.06. The van der Waals surface area contributed by atoms with E-state index in [-0.39, 0.29) is 6.42 Å². The lowest BCUT2D eigenvalue weighted by Gasteiger charge is -2.00. The lowest BCUT2D eigenvalue weighted by atomic mass is 10.2. The van der Waals surface area contributed by atoms with Crippen LogP contribution in [0.2, 0.25) is 0 Å². The minimum absolute atomic E-state index is 0.247. The van der Waals surface area contributed by atoms with Crippen LogP contribution >= 0.6 is 0 Å². The highest BCUT2D eigenvalue weighted by atomic mass is 32.2. The Bertz CT molecular complexity index is 280. The second-order valence-electron chi connectivity index (χ2n) is 2.76. The fourth-order valence-corrected chi connectivity index (χ4v) is 1.32. The van der Waals surface area contributed by atoms with E-state index in [9.17, 15) is 13.2 Å². The molecule has 5 heteroatoms. The number of amides is 1. The Morgan fingerprint density at radius 3 is 2.54 bits per heavy atom. The zero-order chi connectivity index (χ0) is 10.3. The molecule has 0 aromatic rings. The summed E-state index contributed by atoms with van der Waals surface area (Å²) in [7, 11) is -3.38. The normalized spacial score (nSPS) is 11.8. The highest BCUT2D eigenvalue weighted by molar-refractivity contribution is 7.89. The molecule has 0 aliphatic heterocycles. The summed E-state index contributed by atoms with van der Waals surface area (Å²) in [6.45, 7) is 1.90. The SMILES string of the molecule is C/C=C\CCCC(=O)NS(C)(=O)=O. The molecule has 4 nitrogen and oxygen atoms in total. The first kappa shape index (κ1) is 12.2. The first-order valence-corrected chi connectivity index (χ1v) is 5.96. The Morgan fingerprint density at radius 2 is 2.08 bits per heavy atom. The third kappa shape index (κ3) is 9.07. The number of hydrogen-bond acceptors (Lipinski definition) is 3. The summed E-state index contributed by atoms with van der Waals surface area (Å²) in [5.74, 6) is -0.438. The number of sulfonamides is 1. The summed E-state index contributed by atoms with van der Waals surface area (Å²) >= 11 is 0. The molecule has 0 bridgehead atoms. The molecule has 1 N–H and O–H groups in total. The molecule has 0 aliphatic carbocycles. The minimum atomic E-state index is -3.38. The van der Waals surface area contributed by atoms with Gasteiger partial charge in [0.1, 0.15) is 0 Å². The molecule has 0 saturated heterocycles. The summed E-state index contributed by atoms with van der Waals surface area (Å²) in [5, 5.41) is 0. The molecule has 0 radical (unpaired) electrons. The zero-order valence-corrected chi connectivity index (χ0v) is 8.73. The molecule has 76 valence electrons. The van der Waals surface area contributed by atoms with Crippen LogP contribution in [0.25, 0.3) is 0 Å². The lowest BCUT2D eigenvalue weighted by molar-refractivity contribution is -0.119. The van der Waals surface area contributed by atoms with E-state index in [0.29, 0.717) is 6.42 Å². The van der Waals surface area contributed by atoms with Crippen molar-refractivity contribution in [2.24, 2.45) is 0 Å². The van der Waals surface area contributed by atoms with Gasteiger partial charge < -0.3 is 0 Å². The van der Waals surface area contributed by atoms with Gasteiger partial charge in [-0.3, -0.25) is 9.52 Å². The molecule has 0 aliphatic rings. The monoisotopic (exact) mass is 205 g/mol. The molecule has 13 heavy (non-hydrogen) atoms. The van der Waals surface area contributed by atoms with E-state index in [0.717, 1.165) is 12.7 Å². The largest absolute Gasteiger partial charge is 0.274 e. The molecule has 0 fully saturated rings. The van der Waals surface area contributed by atoms with Gasteiger partial charge in [0.2, 0.25) is 15.9 Å². The standard InChI is InChI=1S/C8H15NO3S/c1-3-4-5-6-7-8(10)9-13(2,11)12/h3-4H,5-7H2,1-2H3,(H,9,10)/b4-3-. The van der Waals surface area contributed by atoms with Gasteiger partial charge in [-0.1, -0.05) is 12.2 Å². The Labute approximate surface area is 79.1 Å². The third-order valence-electron chi connectivity index (χ3n) is 1.31. The molecule has 0 spiro atoms. The van der Waals surface area contributed by atoms with Gasteiger partial charge in [0, 0.05) is 6.42 Å². The van der Waals surface area contributed by atoms with E-state index in [1.807, 2.05) is 23.8 Å². The van der Waals surface area contributed by atoms with Crippen molar-refractivity contribution in [3.63, 3.8) is 0 Å². The molecule has 0 atom stereocenters. The molecule has 0 heterocycles. The number of allylic oxidation sites excluding steroid dienone is 2. The maximum Gasteiger partial charge on any atom is 0.233 e. The molecular formula is C8H15NO3S. The summed E-state index contributed by atoms with van der Waals surface area (Å²) in [4.78, 5) is 10.9. The van der Waals surface area contributed by atoms with Crippen LogP contribution < -0.4 is 4.72 Å². The van der Waals surface area contributed by atoms with E-state index < -0.39 is 15.9 Å². The van der Waals surface area contributed by atoms with Crippen LogP contribution in [-0.4, -0.2) is 20.6 Å². The van der Waals surface area contributed by atoms with Crippen molar-refractivity contribution in [3.8, 4) is 0 Å². The van der Waals surface area contributed by atoms with E-state index >= 15 is 0 Å². The van der Waals surface area contributed by atoms with Crippen LogP contribution in [0.1, 0.15) is 26.2 Å². The Hall–Kier alpha value is -0.840. The average Bonchev–Trinajstić information content (AvgIpc) is 1.94. The molecule has 0 saturated carbocycles. The van der Waals surface area contributed by atoms with Gasteiger partial charge in [-0.05, 0) is 19.8 Å². The Kier molecular flexibility index (Phi) is 5.37. The number of unbranched alkanes of at least 4 members (excludes halogenated alkanes) is 1. The van der Waals surface area contributed by atoms with Crippen molar-refractivity contribution in [2.75, 3.05) is 6.26 Å². The van der Waals surface area contributed by atoms with Crippen LogP contribution in [0, 0.1) is 0 Å².